The van der Waals surface area contributed by atoms with Crippen molar-refractivity contribution in [2.45, 2.75) is 95.4 Å². The predicted molar refractivity (Wildman–Crippen MR) is 227 cm³/mol. The molecule has 0 spiro atoms. The molecule has 62 heavy (non-hydrogen) atoms. The number of aliphatic hydroxyl groups excluding tert-OH is 1. The number of nitrogens with one attached hydrogen (secondary N) is 3. The van der Waals surface area contributed by atoms with Crippen LogP contribution in [-0.4, -0.2) is 171 Å². The molecule has 2 aliphatic rings. The number of ether oxygens (including phenoxy) is 1. The van der Waals surface area contributed by atoms with Gasteiger partial charge in [0.2, 0.25) is 35.4 Å². The van der Waals surface area contributed by atoms with Crippen molar-refractivity contribution in [2.75, 3.05) is 46.2 Å². The largest absolute Gasteiger partial charge is 0.505 e. The smallest absolute Gasteiger partial charge is 0.333 e. The summed E-state index contributed by atoms with van der Waals surface area (Å²) < 4.78 is 5.89. The Kier molecular flexibility index (Phi) is 17.2. The lowest BCUT2D eigenvalue weighted by Crippen LogP contribution is -2.60. The highest BCUT2D eigenvalue weighted by molar-refractivity contribution is 7.98. The number of aromatic nitrogens is 1. The molecule has 0 aliphatic carbocycles. The van der Waals surface area contributed by atoms with Gasteiger partial charge in [0.15, 0.2) is 11.7 Å². The third-order valence-corrected chi connectivity index (χ3v) is 11.5. The molecule has 20 heteroatoms. The summed E-state index contributed by atoms with van der Waals surface area (Å²) in [6.45, 7) is 5.56. The van der Waals surface area contributed by atoms with Crippen LogP contribution < -0.4 is 16.0 Å². The monoisotopic (exact) mass is 882 g/mol. The van der Waals surface area contributed by atoms with Crippen LogP contribution in [-0.2, 0) is 38.3 Å². The number of nitrogens with zero attached hydrogens (tertiary/aromatic N) is 5. The number of esters is 1. The third-order valence-electron chi connectivity index (χ3n) is 10.8. The number of likely N-dealkylation sites (N-methyl/N-ethyl adjacent to an activating group) is 3. The second-order valence-electron chi connectivity index (χ2n) is 16.0. The first-order chi connectivity index (χ1) is 29.3. The minimum Gasteiger partial charge on any atom is -0.505 e. The maximum atomic E-state index is 14.4. The molecule has 0 radical (unpaired) electrons. The maximum Gasteiger partial charge on any atom is 0.333 e. The van der Waals surface area contributed by atoms with Crippen molar-refractivity contribution in [2.24, 2.45) is 5.92 Å². The lowest BCUT2D eigenvalue weighted by Gasteiger charge is -2.35. The first kappa shape index (κ1) is 48.9. The van der Waals surface area contributed by atoms with Gasteiger partial charge in [-0.2, -0.15) is 11.8 Å². The van der Waals surface area contributed by atoms with Crippen molar-refractivity contribution >= 4 is 59.1 Å². The molecule has 7 amide bonds. The molecule has 2 saturated heterocycles. The number of hydrogen-bond acceptors (Lipinski definition) is 13. The minimum absolute atomic E-state index is 0.0354. The summed E-state index contributed by atoms with van der Waals surface area (Å²) in [5, 5.41) is 29.0. The van der Waals surface area contributed by atoms with Crippen molar-refractivity contribution in [1.29, 1.82) is 0 Å². The number of rotatable bonds is 8. The number of amides is 7. The number of hydrogen-bond donors (Lipinski definition) is 5. The molecule has 3 heterocycles. The van der Waals surface area contributed by atoms with Crippen molar-refractivity contribution in [3.8, 4) is 5.75 Å². The summed E-state index contributed by atoms with van der Waals surface area (Å²) in [5.74, 6) is -6.70. The van der Waals surface area contributed by atoms with E-state index in [0.717, 1.165) is 14.7 Å². The zero-order chi connectivity index (χ0) is 46.0. The van der Waals surface area contributed by atoms with Gasteiger partial charge < -0.3 is 50.5 Å². The number of cyclic esters (lactones) is 1. The maximum absolute atomic E-state index is 14.4. The van der Waals surface area contributed by atoms with Crippen LogP contribution in [0.25, 0.3) is 0 Å². The fourth-order valence-electron chi connectivity index (χ4n) is 7.45. The summed E-state index contributed by atoms with van der Waals surface area (Å²) in [6, 6.07) is 2.67. The molecular formula is C42H58N8O11S. The second-order valence-corrected chi connectivity index (χ2v) is 17.0. The second kappa shape index (κ2) is 21.9. The Labute approximate surface area is 365 Å². The molecule has 19 nitrogen and oxygen atoms in total. The van der Waals surface area contributed by atoms with Crippen LogP contribution in [0.1, 0.15) is 69.1 Å². The van der Waals surface area contributed by atoms with Gasteiger partial charge in [-0.1, -0.05) is 44.2 Å². The van der Waals surface area contributed by atoms with Crippen LogP contribution in [0.2, 0.25) is 0 Å². The van der Waals surface area contributed by atoms with E-state index in [0.29, 0.717) is 11.3 Å². The molecule has 2 fully saturated rings. The first-order valence-electron chi connectivity index (χ1n) is 20.3. The SMILES string of the molecule is CSCCC1C(=O)N[C@@H](C)C(=O)N(C)[C@@H](c2ccccc2)C(=O)O[C@H](C)[C@H](NC(=O)c2ncccc2O)C(=O)N[C@H](CC(C)C)C(=O)N2C[C@H](O)C[C@@H]2C(=O)N(C)CC(=O)N1C. The van der Waals surface area contributed by atoms with E-state index in [-0.39, 0.29) is 31.7 Å². The van der Waals surface area contributed by atoms with E-state index in [1.54, 1.807) is 44.2 Å². The van der Waals surface area contributed by atoms with E-state index >= 15 is 0 Å². The minimum atomic E-state index is -1.74. The van der Waals surface area contributed by atoms with Gasteiger partial charge in [-0.3, -0.25) is 33.6 Å². The van der Waals surface area contributed by atoms with Crippen molar-refractivity contribution in [3.63, 3.8) is 0 Å². The van der Waals surface area contributed by atoms with Gasteiger partial charge in [-0.25, -0.2) is 9.78 Å². The number of carbonyl (C=O) groups is 8. The average molecular weight is 883 g/mol. The predicted octanol–water partition coefficient (Wildman–Crippen LogP) is 0.0665. The lowest BCUT2D eigenvalue weighted by atomic mass is 10.0. The summed E-state index contributed by atoms with van der Waals surface area (Å²) in [6.07, 6.45) is 0.510. The van der Waals surface area contributed by atoms with Crippen molar-refractivity contribution in [3.05, 3.63) is 59.9 Å². The Bertz CT molecular complexity index is 1970. The van der Waals surface area contributed by atoms with E-state index in [4.69, 9.17) is 4.74 Å². The van der Waals surface area contributed by atoms with Crippen LogP contribution >= 0.6 is 11.8 Å². The topological polar surface area (TPSA) is 248 Å². The number of pyridine rings is 1. The molecule has 1 unspecified atom stereocenters. The van der Waals surface area contributed by atoms with Crippen LogP contribution in [0.15, 0.2) is 48.7 Å². The van der Waals surface area contributed by atoms with Gasteiger partial charge in [0, 0.05) is 40.3 Å². The van der Waals surface area contributed by atoms with E-state index in [1.165, 1.54) is 70.0 Å². The molecular weight excluding hydrogens is 825 g/mol. The summed E-state index contributed by atoms with van der Waals surface area (Å²) in [4.78, 5) is 121. The third kappa shape index (κ3) is 12.0. The first-order valence-corrected chi connectivity index (χ1v) is 21.7. The van der Waals surface area contributed by atoms with Crippen LogP contribution in [0.4, 0.5) is 0 Å². The van der Waals surface area contributed by atoms with Crippen molar-refractivity contribution in [1.82, 2.24) is 40.5 Å². The quantitative estimate of drug-likeness (QED) is 0.221. The molecule has 5 N–H and O–H groups in total. The van der Waals surface area contributed by atoms with E-state index in [1.807, 2.05) is 6.26 Å². The number of thioether (sulfide) groups is 1. The lowest BCUT2D eigenvalue weighted by molar-refractivity contribution is -0.161. The molecule has 8 atom stereocenters. The Morgan fingerprint density at radius 1 is 0.935 bits per heavy atom. The standard InChI is InChI=1S/C42H58N8O11S/c1-23(2)19-28-40(58)50-21-27(51)20-30(50)41(59)47(5)22-32(53)48(6)29(16-18-62-8)36(54)44-24(3)39(57)49(7)35(26-13-10-9-11-14-26)42(60)61-25(4)33(37(55)45-28)46-38(56)34-31(52)15-12-17-43-34/h9-15,17,23-25,27-30,33,35,51-52H,16,18-22H2,1-8H3,(H,44,54)(H,45,55)(H,46,56)/t24-,25+,27+,28+,29?,30+,33-,35-/m0/s1. The Morgan fingerprint density at radius 2 is 1.61 bits per heavy atom. The number of fused-ring (bicyclic) bond motifs is 1. The molecule has 2 aliphatic heterocycles. The molecule has 338 valence electrons. The van der Waals surface area contributed by atoms with Gasteiger partial charge in [-0.15, -0.1) is 0 Å². The number of benzene rings is 1. The highest BCUT2D eigenvalue weighted by Gasteiger charge is 2.45. The van der Waals surface area contributed by atoms with E-state index in [9.17, 15) is 48.6 Å². The molecule has 4 rings (SSSR count). The van der Waals surface area contributed by atoms with E-state index < -0.39 is 114 Å². The number of aliphatic hydroxyl groups is 1. The summed E-state index contributed by atoms with van der Waals surface area (Å²) in [5.41, 5.74) is -0.143. The van der Waals surface area contributed by atoms with Gasteiger partial charge >= 0.3 is 5.97 Å². The number of aromatic hydroxyl groups is 1. The Hall–Kier alpha value is -5.76. The zero-order valence-corrected chi connectivity index (χ0v) is 37.1. The normalized spacial score (nSPS) is 26.6. The molecule has 1 aromatic heterocycles. The van der Waals surface area contributed by atoms with Gasteiger partial charge in [0.1, 0.15) is 42.1 Å². The highest BCUT2D eigenvalue weighted by Crippen LogP contribution is 2.26. The van der Waals surface area contributed by atoms with Gasteiger partial charge in [0.05, 0.1) is 12.6 Å². The Morgan fingerprint density at radius 3 is 2.24 bits per heavy atom. The van der Waals surface area contributed by atoms with Gasteiger partial charge in [-0.05, 0) is 62.3 Å². The highest BCUT2D eigenvalue weighted by atomic mass is 32.2. The fraction of sp³-hybridized carbons (Fsp3) is 0.548. The molecule has 2 aromatic rings. The zero-order valence-electron chi connectivity index (χ0n) is 36.3. The van der Waals surface area contributed by atoms with Crippen LogP contribution in [0.3, 0.4) is 0 Å². The molecule has 0 bridgehead atoms. The summed E-state index contributed by atoms with van der Waals surface area (Å²) in [7, 11) is 4.11. The summed E-state index contributed by atoms with van der Waals surface area (Å²) >= 11 is 1.44. The Balaban J connectivity index is 1.84. The van der Waals surface area contributed by atoms with Crippen LogP contribution in [0, 0.1) is 5.92 Å². The van der Waals surface area contributed by atoms with Crippen molar-refractivity contribution < 1.29 is 53.3 Å². The van der Waals surface area contributed by atoms with E-state index in [2.05, 4.69) is 20.9 Å². The average Bonchev–Trinajstić information content (AvgIpc) is 3.62. The van der Waals surface area contributed by atoms with Gasteiger partial charge in [0.25, 0.3) is 5.91 Å². The fourth-order valence-corrected chi connectivity index (χ4v) is 7.91. The van der Waals surface area contributed by atoms with Crippen LogP contribution in [0.5, 0.6) is 5.75 Å². The molecule has 0 saturated carbocycles. The number of carbonyl (C=O) groups excluding carboxylic acids is 8. The molecule has 1 aromatic carbocycles.